The van der Waals surface area contributed by atoms with Crippen LogP contribution in [0.3, 0.4) is 0 Å². The summed E-state index contributed by atoms with van der Waals surface area (Å²) in [5, 5.41) is 0. The third-order valence-electron chi connectivity index (χ3n) is 5.47. The second-order valence-electron chi connectivity index (χ2n) is 7.64. The molecule has 0 saturated heterocycles. The maximum Gasteiger partial charge on any atom is 0.319 e. The molecule has 0 bridgehead atoms. The molecule has 2 heterocycles. The predicted octanol–water partition coefficient (Wildman–Crippen LogP) is 4.61. The molecule has 0 saturated carbocycles. The number of hydrogen-bond acceptors (Lipinski definition) is 4. The first-order valence-corrected chi connectivity index (χ1v) is 9.64. The van der Waals surface area contributed by atoms with Crippen LogP contribution in [0.25, 0.3) is 0 Å². The van der Waals surface area contributed by atoms with Crippen LogP contribution in [0, 0.1) is 11.8 Å². The van der Waals surface area contributed by atoms with Crippen molar-refractivity contribution in [2.45, 2.75) is 32.9 Å². The molecule has 0 radical (unpaired) electrons. The molecule has 1 aromatic rings. The van der Waals surface area contributed by atoms with Crippen LogP contribution in [0.15, 0.2) is 87.5 Å². The van der Waals surface area contributed by atoms with Crippen LogP contribution in [0.5, 0.6) is 0 Å². The first-order chi connectivity index (χ1) is 13.5. The molecule has 28 heavy (non-hydrogen) atoms. The highest BCUT2D eigenvalue weighted by Crippen LogP contribution is 2.46. The van der Waals surface area contributed by atoms with Crippen LogP contribution in [-0.2, 0) is 16.1 Å². The van der Waals surface area contributed by atoms with Gasteiger partial charge in [-0.15, -0.1) is 0 Å². The second kappa shape index (κ2) is 7.19. The van der Waals surface area contributed by atoms with Crippen LogP contribution in [0.1, 0.15) is 26.3 Å². The average molecular weight is 372 g/mol. The fraction of sp³-hybridized carbons (Fsp3) is 0.292. The first kappa shape index (κ1) is 18.4. The number of hydrogen-bond donors (Lipinski definition) is 0. The lowest BCUT2D eigenvalue weighted by atomic mass is 9.74. The molecule has 3 aliphatic rings. The smallest absolute Gasteiger partial charge is 0.319 e. The Morgan fingerprint density at radius 1 is 1.21 bits per heavy atom. The molecular formula is C24H24N2O2. The van der Waals surface area contributed by atoms with Gasteiger partial charge >= 0.3 is 5.97 Å². The number of nitrogens with zero attached hydrogens (tertiary/aromatic N) is 2. The van der Waals surface area contributed by atoms with Crippen molar-refractivity contribution in [2.75, 3.05) is 0 Å². The number of aliphatic imine (C=N–C) groups is 2. The van der Waals surface area contributed by atoms with Gasteiger partial charge in [0.15, 0.2) is 0 Å². The van der Waals surface area contributed by atoms with E-state index in [1.165, 1.54) is 5.57 Å². The van der Waals surface area contributed by atoms with E-state index in [4.69, 9.17) is 9.73 Å². The van der Waals surface area contributed by atoms with E-state index in [-0.39, 0.29) is 12.6 Å². The molecule has 0 fully saturated rings. The Balaban J connectivity index is 1.68. The zero-order valence-corrected chi connectivity index (χ0v) is 16.4. The van der Waals surface area contributed by atoms with Gasteiger partial charge in [-0.3, -0.25) is 14.8 Å². The summed E-state index contributed by atoms with van der Waals surface area (Å²) in [4.78, 5) is 22.4. The lowest BCUT2D eigenvalue weighted by molar-refractivity contribution is -0.146. The van der Waals surface area contributed by atoms with E-state index in [1.54, 1.807) is 0 Å². The van der Waals surface area contributed by atoms with E-state index in [9.17, 15) is 4.79 Å². The topological polar surface area (TPSA) is 51.0 Å². The molecule has 1 spiro atoms. The van der Waals surface area contributed by atoms with E-state index in [0.29, 0.717) is 5.92 Å². The molecule has 4 nitrogen and oxygen atoms in total. The van der Waals surface area contributed by atoms with Crippen molar-refractivity contribution in [2.24, 2.45) is 21.8 Å². The zero-order chi connectivity index (χ0) is 19.7. The summed E-state index contributed by atoms with van der Waals surface area (Å²) in [5.74, 6) is -0.422. The van der Waals surface area contributed by atoms with E-state index in [1.807, 2.05) is 67.9 Å². The Labute approximate surface area is 165 Å². The number of carbonyl (C=O) groups is 1. The molecule has 4 rings (SSSR count). The third kappa shape index (κ3) is 2.99. The maximum atomic E-state index is 13.0. The van der Waals surface area contributed by atoms with E-state index < -0.39 is 11.5 Å². The van der Waals surface area contributed by atoms with Gasteiger partial charge in [0.25, 0.3) is 0 Å². The van der Waals surface area contributed by atoms with Crippen LogP contribution in [-0.4, -0.2) is 23.4 Å². The molecule has 0 amide bonds. The van der Waals surface area contributed by atoms with Crippen LogP contribution in [0.4, 0.5) is 0 Å². The lowest BCUT2D eigenvalue weighted by Crippen LogP contribution is -2.36. The highest BCUT2D eigenvalue weighted by atomic mass is 16.5. The highest BCUT2D eigenvalue weighted by molar-refractivity contribution is 6.11. The van der Waals surface area contributed by atoms with Gasteiger partial charge in [-0.2, -0.15) is 0 Å². The third-order valence-corrected chi connectivity index (χ3v) is 5.47. The van der Waals surface area contributed by atoms with E-state index >= 15 is 0 Å². The lowest BCUT2D eigenvalue weighted by Gasteiger charge is -2.31. The molecule has 1 aliphatic carbocycles. The summed E-state index contributed by atoms with van der Waals surface area (Å²) in [6.07, 6.45) is 11.8. The average Bonchev–Trinajstić information content (AvgIpc) is 2.85. The molecule has 1 aromatic carbocycles. The monoisotopic (exact) mass is 372 g/mol. The van der Waals surface area contributed by atoms with Crippen molar-refractivity contribution in [1.82, 2.24) is 0 Å². The van der Waals surface area contributed by atoms with Gasteiger partial charge in [-0.1, -0.05) is 62.4 Å². The van der Waals surface area contributed by atoms with Crippen molar-refractivity contribution < 1.29 is 9.53 Å². The van der Waals surface area contributed by atoms with Crippen molar-refractivity contribution in [1.29, 1.82) is 0 Å². The summed E-state index contributed by atoms with van der Waals surface area (Å²) < 4.78 is 5.65. The first-order valence-electron chi connectivity index (χ1n) is 9.64. The highest BCUT2D eigenvalue weighted by Gasteiger charge is 2.50. The molecule has 2 unspecified atom stereocenters. The summed E-state index contributed by atoms with van der Waals surface area (Å²) in [6, 6.07) is 9.73. The molecule has 2 aliphatic heterocycles. The fourth-order valence-electron chi connectivity index (χ4n) is 4.13. The minimum atomic E-state index is -0.710. The molecule has 2 atom stereocenters. The SMILES string of the molecule is CC1=NC23C=NC=CC(C(C)C)=C2C=CC=C3C1C(=O)OCc1ccccc1. The minimum Gasteiger partial charge on any atom is -0.460 e. The second-order valence-corrected chi connectivity index (χ2v) is 7.64. The summed E-state index contributed by atoms with van der Waals surface area (Å²) in [7, 11) is 0. The number of carbonyl (C=O) groups excluding carboxylic acids is 1. The number of rotatable bonds is 4. The standard InChI is InChI=1S/C24H24N2O2/c1-16(2)19-12-13-25-15-24-20(19)10-7-11-21(24)22(17(3)26-24)23(27)28-14-18-8-5-4-6-9-18/h4-13,15-16,22H,14H2,1-3H3. The molecule has 0 N–H and O–H groups in total. The summed E-state index contributed by atoms with van der Waals surface area (Å²) >= 11 is 0. The Hall–Kier alpha value is -3.01. The van der Waals surface area contributed by atoms with Gasteiger partial charge in [0.1, 0.15) is 18.1 Å². The predicted molar refractivity (Wildman–Crippen MR) is 112 cm³/mol. The van der Waals surface area contributed by atoms with Gasteiger partial charge in [0.05, 0.1) is 0 Å². The van der Waals surface area contributed by atoms with Crippen LogP contribution < -0.4 is 0 Å². The van der Waals surface area contributed by atoms with Crippen molar-refractivity contribution in [3.63, 3.8) is 0 Å². The fourth-order valence-corrected chi connectivity index (χ4v) is 4.13. The Morgan fingerprint density at radius 3 is 2.75 bits per heavy atom. The number of benzene rings is 1. The summed E-state index contributed by atoms with van der Waals surface area (Å²) in [5.41, 5.74) is 4.23. The Bertz CT molecular complexity index is 977. The molecule has 0 aromatic heterocycles. The zero-order valence-electron chi connectivity index (χ0n) is 16.4. The molecule has 4 heteroatoms. The van der Waals surface area contributed by atoms with Gasteiger partial charge in [-0.25, -0.2) is 0 Å². The Kier molecular flexibility index (Phi) is 4.71. The minimum absolute atomic E-state index is 0.259. The maximum absolute atomic E-state index is 13.0. The molecular weight excluding hydrogens is 348 g/mol. The van der Waals surface area contributed by atoms with Crippen molar-refractivity contribution in [3.05, 3.63) is 83.1 Å². The summed E-state index contributed by atoms with van der Waals surface area (Å²) in [6.45, 7) is 6.49. The van der Waals surface area contributed by atoms with E-state index in [0.717, 1.165) is 22.4 Å². The number of ether oxygens (including phenoxy) is 1. The van der Waals surface area contributed by atoms with Gasteiger partial charge in [0.2, 0.25) is 0 Å². The number of allylic oxidation sites excluding steroid dienone is 4. The number of esters is 1. The quantitative estimate of drug-likeness (QED) is 0.725. The molecule has 142 valence electrons. The van der Waals surface area contributed by atoms with Crippen LogP contribution in [0.2, 0.25) is 0 Å². The van der Waals surface area contributed by atoms with Gasteiger partial charge < -0.3 is 4.74 Å². The van der Waals surface area contributed by atoms with Gasteiger partial charge in [-0.05, 0) is 41.2 Å². The Morgan fingerprint density at radius 2 is 2.00 bits per heavy atom. The van der Waals surface area contributed by atoms with Gasteiger partial charge in [0, 0.05) is 18.1 Å². The van der Waals surface area contributed by atoms with Crippen molar-refractivity contribution >= 4 is 17.9 Å². The normalized spacial score (nSPS) is 25.2. The largest absolute Gasteiger partial charge is 0.460 e. The van der Waals surface area contributed by atoms with Crippen molar-refractivity contribution in [3.8, 4) is 0 Å². The van der Waals surface area contributed by atoms with Crippen LogP contribution >= 0.6 is 0 Å². The van der Waals surface area contributed by atoms with E-state index in [2.05, 4.69) is 24.9 Å².